The van der Waals surface area contributed by atoms with Crippen molar-refractivity contribution in [3.63, 3.8) is 0 Å². The zero-order chi connectivity index (χ0) is 15.0. The summed E-state index contributed by atoms with van der Waals surface area (Å²) in [6.07, 6.45) is 0. The topological polar surface area (TPSA) is 17.1 Å². The van der Waals surface area contributed by atoms with E-state index in [1.54, 1.807) is 25.1 Å². The van der Waals surface area contributed by atoms with E-state index in [1.165, 1.54) is 12.1 Å². The fourth-order valence-corrected chi connectivity index (χ4v) is 2.64. The lowest BCUT2D eigenvalue weighted by molar-refractivity contribution is 0.103. The Kier molecular flexibility index (Phi) is 3.48. The van der Waals surface area contributed by atoms with Gasteiger partial charge in [-0.3, -0.25) is 4.79 Å². The maximum absolute atomic E-state index is 14.0. The van der Waals surface area contributed by atoms with Crippen LogP contribution in [0, 0.1) is 12.7 Å². The number of hydrogen-bond acceptors (Lipinski definition) is 1. The van der Waals surface area contributed by atoms with Gasteiger partial charge in [0.05, 0.1) is 5.56 Å². The molecule has 0 spiro atoms. The summed E-state index contributed by atoms with van der Waals surface area (Å²) in [6.45, 7) is 1.79. The third kappa shape index (κ3) is 2.43. The molecule has 0 aliphatic carbocycles. The minimum atomic E-state index is -0.501. The van der Waals surface area contributed by atoms with Crippen LogP contribution in [-0.4, -0.2) is 5.78 Å². The summed E-state index contributed by atoms with van der Waals surface area (Å²) in [5.74, 6) is -0.834. The van der Waals surface area contributed by atoms with E-state index in [2.05, 4.69) is 0 Å². The first-order valence-electron chi connectivity index (χ1n) is 6.56. The van der Waals surface area contributed by atoms with Crippen molar-refractivity contribution in [3.8, 4) is 0 Å². The van der Waals surface area contributed by atoms with Crippen LogP contribution in [0.5, 0.6) is 0 Å². The van der Waals surface area contributed by atoms with Gasteiger partial charge in [-0.25, -0.2) is 4.39 Å². The Bertz CT molecular complexity index is 855. The first kappa shape index (κ1) is 13.8. The van der Waals surface area contributed by atoms with Crippen LogP contribution >= 0.6 is 11.6 Å². The average Bonchev–Trinajstić information content (AvgIpc) is 2.47. The Balaban J connectivity index is 2.21. The van der Waals surface area contributed by atoms with Crippen LogP contribution in [0.25, 0.3) is 10.8 Å². The van der Waals surface area contributed by atoms with Crippen LogP contribution in [0.1, 0.15) is 21.5 Å². The molecule has 0 unspecified atom stereocenters. The van der Waals surface area contributed by atoms with E-state index in [0.29, 0.717) is 10.6 Å². The Morgan fingerprint density at radius 1 is 0.952 bits per heavy atom. The highest BCUT2D eigenvalue weighted by Gasteiger charge is 2.17. The highest BCUT2D eigenvalue weighted by molar-refractivity contribution is 6.36. The summed E-state index contributed by atoms with van der Waals surface area (Å²) in [5, 5.41) is 2.10. The van der Waals surface area contributed by atoms with Crippen molar-refractivity contribution in [2.24, 2.45) is 0 Å². The molecule has 0 N–H and O–H groups in total. The van der Waals surface area contributed by atoms with Gasteiger partial charge in [-0.05, 0) is 42.1 Å². The summed E-state index contributed by atoms with van der Waals surface area (Å²) >= 11 is 6.15. The summed E-state index contributed by atoms with van der Waals surface area (Å²) in [6, 6.07) is 15.3. The molecule has 0 aliphatic rings. The molecule has 0 heterocycles. The lowest BCUT2D eigenvalue weighted by Crippen LogP contribution is -2.05. The van der Waals surface area contributed by atoms with Crippen LogP contribution in [-0.2, 0) is 0 Å². The quantitative estimate of drug-likeness (QED) is 0.596. The number of carbonyl (C=O) groups is 1. The molecule has 104 valence electrons. The van der Waals surface area contributed by atoms with Crippen molar-refractivity contribution in [1.29, 1.82) is 0 Å². The molecule has 0 saturated carbocycles. The Morgan fingerprint density at radius 3 is 2.33 bits per heavy atom. The minimum absolute atomic E-state index is 0.0769. The molecule has 0 aliphatic heterocycles. The largest absolute Gasteiger partial charge is 0.288 e. The van der Waals surface area contributed by atoms with Crippen LogP contribution in [0.4, 0.5) is 4.39 Å². The van der Waals surface area contributed by atoms with Gasteiger partial charge in [0, 0.05) is 16.0 Å². The fraction of sp³-hybridized carbons (Fsp3) is 0.0556. The van der Waals surface area contributed by atoms with Gasteiger partial charge in [0.15, 0.2) is 5.78 Å². The Morgan fingerprint density at radius 2 is 1.62 bits per heavy atom. The first-order chi connectivity index (χ1) is 10.1. The zero-order valence-electron chi connectivity index (χ0n) is 11.4. The number of benzene rings is 3. The number of carbonyl (C=O) groups excluding carboxylic acids is 1. The van der Waals surface area contributed by atoms with E-state index < -0.39 is 5.82 Å². The van der Waals surface area contributed by atoms with Crippen LogP contribution in [0.2, 0.25) is 5.02 Å². The molecular formula is C18H12ClFO. The maximum atomic E-state index is 14.0. The Labute approximate surface area is 127 Å². The van der Waals surface area contributed by atoms with Gasteiger partial charge in [-0.2, -0.15) is 0 Å². The minimum Gasteiger partial charge on any atom is -0.288 e. The van der Waals surface area contributed by atoms with Crippen molar-refractivity contribution in [2.75, 3.05) is 0 Å². The van der Waals surface area contributed by atoms with E-state index in [4.69, 9.17) is 11.6 Å². The molecular weight excluding hydrogens is 287 g/mol. The second-order valence-corrected chi connectivity index (χ2v) is 5.36. The number of halogens is 2. The number of rotatable bonds is 2. The van der Waals surface area contributed by atoms with Crippen molar-refractivity contribution in [3.05, 3.63) is 82.1 Å². The van der Waals surface area contributed by atoms with E-state index in [1.807, 2.05) is 24.3 Å². The predicted octanol–water partition coefficient (Wildman–Crippen LogP) is 5.17. The molecule has 0 amide bonds. The van der Waals surface area contributed by atoms with Gasteiger partial charge < -0.3 is 0 Å². The molecule has 21 heavy (non-hydrogen) atoms. The highest BCUT2D eigenvalue weighted by atomic mass is 35.5. The van der Waals surface area contributed by atoms with Crippen LogP contribution in [0.3, 0.4) is 0 Å². The molecule has 0 saturated heterocycles. The second kappa shape index (κ2) is 5.30. The smallest absolute Gasteiger partial charge is 0.196 e. The van der Waals surface area contributed by atoms with E-state index in [0.717, 1.165) is 16.3 Å². The lowest BCUT2D eigenvalue weighted by atomic mass is 9.96. The van der Waals surface area contributed by atoms with E-state index >= 15 is 0 Å². The van der Waals surface area contributed by atoms with Crippen LogP contribution < -0.4 is 0 Å². The zero-order valence-corrected chi connectivity index (χ0v) is 12.1. The average molecular weight is 299 g/mol. The van der Waals surface area contributed by atoms with Crippen molar-refractivity contribution < 1.29 is 9.18 Å². The molecule has 0 aromatic heterocycles. The number of ketones is 1. The van der Waals surface area contributed by atoms with E-state index in [9.17, 15) is 9.18 Å². The SMILES string of the molecule is Cc1ccc(C(=O)c2ccc(Cl)c3ccccc23)c(F)c1. The molecule has 3 heteroatoms. The van der Waals surface area contributed by atoms with Gasteiger partial charge in [0.25, 0.3) is 0 Å². The molecule has 0 atom stereocenters. The maximum Gasteiger partial charge on any atom is 0.196 e. The summed E-state index contributed by atoms with van der Waals surface area (Å²) in [7, 11) is 0. The number of aryl methyl sites for hydroxylation is 1. The number of fused-ring (bicyclic) bond motifs is 1. The van der Waals surface area contributed by atoms with Gasteiger partial charge in [0.1, 0.15) is 5.82 Å². The molecule has 3 rings (SSSR count). The third-order valence-corrected chi connectivity index (χ3v) is 3.81. The standard InChI is InChI=1S/C18H12ClFO/c1-11-6-7-15(17(20)10-11)18(21)14-8-9-16(19)13-5-3-2-4-12(13)14/h2-10H,1H3. The molecule has 0 bridgehead atoms. The van der Waals surface area contributed by atoms with Gasteiger partial charge in [-0.15, -0.1) is 0 Å². The first-order valence-corrected chi connectivity index (χ1v) is 6.94. The fourth-order valence-electron chi connectivity index (χ4n) is 2.41. The summed E-state index contributed by atoms with van der Waals surface area (Å²) < 4.78 is 14.0. The summed E-state index contributed by atoms with van der Waals surface area (Å²) in [4.78, 5) is 12.6. The van der Waals surface area contributed by atoms with Gasteiger partial charge in [0.2, 0.25) is 0 Å². The monoisotopic (exact) mass is 298 g/mol. The van der Waals surface area contributed by atoms with E-state index in [-0.39, 0.29) is 11.3 Å². The highest BCUT2D eigenvalue weighted by Crippen LogP contribution is 2.28. The van der Waals surface area contributed by atoms with Crippen LogP contribution in [0.15, 0.2) is 54.6 Å². The lowest BCUT2D eigenvalue weighted by Gasteiger charge is -2.08. The molecule has 1 nitrogen and oxygen atoms in total. The molecule has 3 aromatic rings. The molecule has 0 radical (unpaired) electrons. The summed E-state index contributed by atoms with van der Waals surface area (Å²) in [5.41, 5.74) is 1.32. The predicted molar refractivity (Wildman–Crippen MR) is 83.5 cm³/mol. The Hall–Kier alpha value is -2.19. The van der Waals surface area contributed by atoms with Crippen molar-refractivity contribution in [1.82, 2.24) is 0 Å². The third-order valence-electron chi connectivity index (χ3n) is 3.48. The van der Waals surface area contributed by atoms with Crippen molar-refractivity contribution >= 4 is 28.2 Å². The van der Waals surface area contributed by atoms with Gasteiger partial charge in [-0.1, -0.05) is 41.9 Å². The van der Waals surface area contributed by atoms with Crippen molar-refractivity contribution in [2.45, 2.75) is 6.92 Å². The molecule has 0 fully saturated rings. The molecule has 3 aromatic carbocycles. The normalized spacial score (nSPS) is 10.8. The number of hydrogen-bond donors (Lipinski definition) is 0. The van der Waals surface area contributed by atoms with Gasteiger partial charge >= 0.3 is 0 Å². The second-order valence-electron chi connectivity index (χ2n) is 4.95.